The molecule has 0 amide bonds. The number of halogens is 3. The number of H-pyrrole nitrogens is 1. The van der Waals surface area contributed by atoms with Crippen molar-refractivity contribution in [2.24, 2.45) is 0 Å². The Morgan fingerprint density at radius 3 is 2.52 bits per heavy atom. The first-order valence-electron chi connectivity index (χ1n) is 6.28. The predicted molar refractivity (Wildman–Crippen MR) is 75.7 cm³/mol. The Morgan fingerprint density at radius 2 is 1.90 bits per heavy atom. The van der Waals surface area contributed by atoms with Gasteiger partial charge in [0.1, 0.15) is 0 Å². The molecule has 1 aromatic carbocycles. The summed E-state index contributed by atoms with van der Waals surface area (Å²) in [5.74, 6) is 0. The minimum Gasteiger partial charge on any atom is -0.397 e. The van der Waals surface area contributed by atoms with Crippen LogP contribution in [0, 0.1) is 6.92 Å². The third-order valence-corrected chi connectivity index (χ3v) is 3.37. The van der Waals surface area contributed by atoms with Gasteiger partial charge in [-0.2, -0.15) is 13.2 Å². The van der Waals surface area contributed by atoms with Gasteiger partial charge in [-0.05, 0) is 25.1 Å². The molecule has 3 aromatic rings. The number of anilines is 1. The highest BCUT2D eigenvalue weighted by Crippen LogP contribution is 2.38. The maximum atomic E-state index is 13.1. The quantitative estimate of drug-likeness (QED) is 0.708. The lowest BCUT2D eigenvalue weighted by Gasteiger charge is -2.07. The smallest absolute Gasteiger partial charge is 0.397 e. The van der Waals surface area contributed by atoms with Crippen LogP contribution < -0.4 is 5.73 Å². The molecule has 0 saturated heterocycles. The summed E-state index contributed by atoms with van der Waals surface area (Å²) >= 11 is 0. The number of hydrogen-bond donors (Lipinski definition) is 2. The van der Waals surface area contributed by atoms with Crippen LogP contribution in [0.15, 0.2) is 36.5 Å². The Kier molecular flexibility index (Phi) is 2.90. The highest BCUT2D eigenvalue weighted by Gasteiger charge is 2.33. The number of rotatable bonds is 1. The van der Waals surface area contributed by atoms with Crippen LogP contribution in [-0.2, 0) is 6.18 Å². The van der Waals surface area contributed by atoms with Gasteiger partial charge in [-0.3, -0.25) is 4.98 Å². The van der Waals surface area contributed by atoms with Gasteiger partial charge >= 0.3 is 6.18 Å². The lowest BCUT2D eigenvalue weighted by molar-refractivity contribution is -0.136. The fourth-order valence-corrected chi connectivity index (χ4v) is 2.47. The van der Waals surface area contributed by atoms with Gasteiger partial charge in [-0.15, -0.1) is 0 Å². The first-order valence-corrected chi connectivity index (χ1v) is 6.28. The van der Waals surface area contributed by atoms with E-state index < -0.39 is 11.7 Å². The lowest BCUT2D eigenvalue weighted by atomic mass is 10.0. The molecule has 2 aromatic heterocycles. The summed E-state index contributed by atoms with van der Waals surface area (Å²) < 4.78 is 39.2. The number of nitrogens with zero attached hydrogens (tertiary/aromatic N) is 1. The van der Waals surface area contributed by atoms with Crippen LogP contribution in [0.4, 0.5) is 18.9 Å². The number of aromatic amines is 1. The highest BCUT2D eigenvalue weighted by molar-refractivity contribution is 5.98. The molecule has 0 saturated carbocycles. The molecule has 0 aliphatic rings. The van der Waals surface area contributed by atoms with Crippen LogP contribution in [0.3, 0.4) is 0 Å². The van der Waals surface area contributed by atoms with Gasteiger partial charge in [-0.1, -0.05) is 12.1 Å². The van der Waals surface area contributed by atoms with Gasteiger partial charge in [0.15, 0.2) is 0 Å². The van der Waals surface area contributed by atoms with E-state index in [0.717, 1.165) is 6.07 Å². The van der Waals surface area contributed by atoms with Gasteiger partial charge in [0, 0.05) is 16.6 Å². The van der Waals surface area contributed by atoms with Crippen LogP contribution in [0.2, 0.25) is 0 Å². The summed E-state index contributed by atoms with van der Waals surface area (Å²) in [5, 5.41) is 0.500. The van der Waals surface area contributed by atoms with E-state index in [9.17, 15) is 13.2 Å². The second-order valence-corrected chi connectivity index (χ2v) is 4.83. The highest BCUT2D eigenvalue weighted by atomic mass is 19.4. The molecule has 0 spiro atoms. The monoisotopic (exact) mass is 291 g/mol. The molecule has 0 bridgehead atoms. The summed E-state index contributed by atoms with van der Waals surface area (Å²) in [7, 11) is 0. The largest absolute Gasteiger partial charge is 0.418 e. The van der Waals surface area contributed by atoms with Crippen LogP contribution in [0.5, 0.6) is 0 Å². The summed E-state index contributed by atoms with van der Waals surface area (Å²) in [6, 6.07) is 7.50. The maximum Gasteiger partial charge on any atom is 0.418 e. The van der Waals surface area contributed by atoms with Gasteiger partial charge in [0.05, 0.1) is 28.7 Å². The van der Waals surface area contributed by atoms with E-state index in [1.165, 1.54) is 12.3 Å². The van der Waals surface area contributed by atoms with Crippen LogP contribution in [0.1, 0.15) is 11.3 Å². The zero-order valence-electron chi connectivity index (χ0n) is 11.1. The number of nitrogens with two attached hydrogens (primary N) is 1. The molecule has 108 valence electrons. The molecule has 2 heterocycles. The third-order valence-electron chi connectivity index (χ3n) is 3.37. The fraction of sp³-hybridized carbons (Fsp3) is 0.133. The molecule has 3 nitrogen and oxygen atoms in total. The number of fused-ring (bicyclic) bond motifs is 1. The molecule has 0 aliphatic heterocycles. The van der Waals surface area contributed by atoms with Gasteiger partial charge in [-0.25, -0.2) is 0 Å². The minimum atomic E-state index is -4.40. The number of hydrogen-bond acceptors (Lipinski definition) is 2. The minimum absolute atomic E-state index is 0.0797. The zero-order chi connectivity index (χ0) is 15.2. The molecule has 0 unspecified atom stereocenters. The SMILES string of the molecule is Cc1[nH]c2c(C(F)(F)F)cccc2c1-c1ccc(N)cn1. The first-order chi connectivity index (χ1) is 9.88. The number of nitrogen functional groups attached to an aromatic ring is 1. The Balaban J connectivity index is 2.30. The number of benzene rings is 1. The lowest BCUT2D eigenvalue weighted by Crippen LogP contribution is -2.05. The molecule has 0 radical (unpaired) electrons. The van der Waals surface area contributed by atoms with Gasteiger partial charge < -0.3 is 10.7 Å². The van der Waals surface area contributed by atoms with Crippen molar-refractivity contribution in [3.63, 3.8) is 0 Å². The molecule has 0 fully saturated rings. The molecule has 6 heteroatoms. The topological polar surface area (TPSA) is 54.7 Å². The molecule has 3 rings (SSSR count). The van der Waals surface area contributed by atoms with Crippen LogP contribution >= 0.6 is 0 Å². The van der Waals surface area contributed by atoms with E-state index in [0.29, 0.717) is 28.0 Å². The summed E-state index contributed by atoms with van der Waals surface area (Å²) in [5.41, 5.74) is 7.39. The summed E-state index contributed by atoms with van der Waals surface area (Å²) in [6.45, 7) is 1.73. The average Bonchev–Trinajstić information content (AvgIpc) is 2.74. The van der Waals surface area contributed by atoms with E-state index in [4.69, 9.17) is 5.73 Å². The summed E-state index contributed by atoms with van der Waals surface area (Å²) in [6.07, 6.45) is -2.91. The second kappa shape index (κ2) is 4.51. The Morgan fingerprint density at radius 1 is 1.14 bits per heavy atom. The number of aryl methyl sites for hydroxylation is 1. The third kappa shape index (κ3) is 2.22. The predicted octanol–water partition coefficient (Wildman–Crippen LogP) is 4.14. The second-order valence-electron chi connectivity index (χ2n) is 4.83. The van der Waals surface area contributed by atoms with Crippen molar-refractivity contribution < 1.29 is 13.2 Å². The van der Waals surface area contributed by atoms with E-state index in [1.807, 2.05) is 0 Å². The maximum absolute atomic E-state index is 13.1. The molecule has 21 heavy (non-hydrogen) atoms. The number of alkyl halides is 3. The van der Waals surface area contributed by atoms with Crippen molar-refractivity contribution in [1.82, 2.24) is 9.97 Å². The average molecular weight is 291 g/mol. The Labute approximate surface area is 118 Å². The number of para-hydroxylation sites is 1. The van der Waals surface area contributed by atoms with E-state index in [2.05, 4.69) is 9.97 Å². The standard InChI is InChI=1S/C15H12F3N3/c1-8-13(12-6-5-9(19)7-20-12)10-3-2-4-11(14(10)21-8)15(16,17)18/h2-7,21H,19H2,1H3. The van der Waals surface area contributed by atoms with E-state index in [1.54, 1.807) is 25.1 Å². The molecule has 0 atom stereocenters. The van der Waals surface area contributed by atoms with Crippen LogP contribution in [-0.4, -0.2) is 9.97 Å². The Hall–Kier alpha value is -2.50. The normalized spacial score (nSPS) is 12.0. The van der Waals surface area contributed by atoms with Crippen molar-refractivity contribution in [2.45, 2.75) is 13.1 Å². The van der Waals surface area contributed by atoms with Crippen molar-refractivity contribution in [2.75, 3.05) is 5.73 Å². The van der Waals surface area contributed by atoms with E-state index in [-0.39, 0.29) is 5.52 Å². The van der Waals surface area contributed by atoms with Crippen molar-refractivity contribution >= 4 is 16.6 Å². The number of nitrogens with one attached hydrogen (secondary N) is 1. The molecule has 0 aliphatic carbocycles. The van der Waals surface area contributed by atoms with Gasteiger partial charge in [0.25, 0.3) is 0 Å². The fourth-order valence-electron chi connectivity index (χ4n) is 2.47. The number of aromatic nitrogens is 2. The number of pyridine rings is 1. The first kappa shape index (κ1) is 13.5. The molecular formula is C15H12F3N3. The van der Waals surface area contributed by atoms with E-state index >= 15 is 0 Å². The van der Waals surface area contributed by atoms with Crippen molar-refractivity contribution in [3.8, 4) is 11.3 Å². The molecular weight excluding hydrogens is 279 g/mol. The molecule has 3 N–H and O–H groups in total. The zero-order valence-corrected chi connectivity index (χ0v) is 11.1. The van der Waals surface area contributed by atoms with Crippen molar-refractivity contribution in [3.05, 3.63) is 47.8 Å². The summed E-state index contributed by atoms with van der Waals surface area (Å²) in [4.78, 5) is 7.02. The Bertz CT molecular complexity index is 801. The van der Waals surface area contributed by atoms with Crippen molar-refractivity contribution in [1.29, 1.82) is 0 Å². The van der Waals surface area contributed by atoms with Crippen LogP contribution in [0.25, 0.3) is 22.2 Å². The van der Waals surface area contributed by atoms with Gasteiger partial charge in [0.2, 0.25) is 0 Å².